The average Bonchev–Trinajstić information content (AvgIpc) is 2.77. The zero-order valence-corrected chi connectivity index (χ0v) is 9.55. The van der Waals surface area contributed by atoms with E-state index in [2.05, 4.69) is 16.3 Å². The zero-order chi connectivity index (χ0) is 12.8. The highest BCUT2D eigenvalue weighted by molar-refractivity contribution is 5.94. The van der Waals surface area contributed by atoms with Gasteiger partial charge in [-0.1, -0.05) is 11.2 Å². The molecule has 0 aromatic carbocycles. The summed E-state index contributed by atoms with van der Waals surface area (Å²) in [5.74, 6) is -1.94. The van der Waals surface area contributed by atoms with Gasteiger partial charge in [0, 0.05) is 19.7 Å². The largest absolute Gasteiger partial charge is 0.475 e. The van der Waals surface area contributed by atoms with Gasteiger partial charge in [0.05, 0.1) is 0 Å². The van der Waals surface area contributed by atoms with Gasteiger partial charge in [0.2, 0.25) is 5.76 Å². The van der Waals surface area contributed by atoms with Crippen molar-refractivity contribution in [1.29, 1.82) is 0 Å². The smallest absolute Gasteiger partial charge is 0.374 e. The van der Waals surface area contributed by atoms with Crippen LogP contribution >= 0.6 is 0 Å². The summed E-state index contributed by atoms with van der Waals surface area (Å²) in [5.41, 5.74) is 0.00324. The van der Waals surface area contributed by atoms with Gasteiger partial charge in [0.1, 0.15) is 0 Å². The van der Waals surface area contributed by atoms with Crippen molar-refractivity contribution in [2.45, 2.75) is 12.8 Å². The molecule has 1 amide bonds. The number of hydrogen-bond acceptors (Lipinski definition) is 4. The van der Waals surface area contributed by atoms with E-state index in [1.165, 1.54) is 4.90 Å². The molecule has 0 aliphatic carbocycles. The van der Waals surface area contributed by atoms with Crippen molar-refractivity contribution in [1.82, 2.24) is 10.1 Å². The Kier molecular flexibility index (Phi) is 4.45. The van der Waals surface area contributed by atoms with Crippen molar-refractivity contribution in [3.63, 3.8) is 0 Å². The summed E-state index contributed by atoms with van der Waals surface area (Å²) in [6.07, 6.45) is 3.39. The van der Waals surface area contributed by atoms with Crippen LogP contribution in [0.5, 0.6) is 0 Å². The molecule has 1 aromatic rings. The second-order valence-corrected chi connectivity index (χ2v) is 3.54. The second kappa shape index (κ2) is 5.83. The molecule has 6 nitrogen and oxygen atoms in total. The van der Waals surface area contributed by atoms with Crippen LogP contribution in [0.4, 0.5) is 0 Å². The van der Waals surface area contributed by atoms with E-state index in [-0.39, 0.29) is 17.4 Å². The fourth-order valence-corrected chi connectivity index (χ4v) is 1.25. The molecule has 0 atom stereocenters. The van der Waals surface area contributed by atoms with E-state index in [1.54, 1.807) is 13.1 Å². The van der Waals surface area contributed by atoms with Crippen LogP contribution in [0.1, 0.15) is 33.9 Å². The lowest BCUT2D eigenvalue weighted by Crippen LogP contribution is -2.27. The number of carboxylic acid groups (broad SMARTS) is 1. The van der Waals surface area contributed by atoms with Gasteiger partial charge in [-0.05, 0) is 12.8 Å². The first-order valence-electron chi connectivity index (χ1n) is 5.12. The van der Waals surface area contributed by atoms with Crippen LogP contribution in [0.2, 0.25) is 0 Å². The van der Waals surface area contributed by atoms with Crippen LogP contribution in [0.15, 0.2) is 23.2 Å². The molecule has 0 unspecified atom stereocenters. The predicted octanol–water partition coefficient (Wildman–Crippen LogP) is 1.41. The van der Waals surface area contributed by atoms with Gasteiger partial charge in [0.15, 0.2) is 5.69 Å². The van der Waals surface area contributed by atoms with Crippen molar-refractivity contribution in [3.05, 3.63) is 30.2 Å². The minimum absolute atomic E-state index is 0.00324. The molecule has 0 fully saturated rings. The number of amides is 1. The number of allylic oxidation sites excluding steroid dienone is 1. The normalized spacial score (nSPS) is 9.94. The second-order valence-electron chi connectivity index (χ2n) is 3.54. The van der Waals surface area contributed by atoms with E-state index >= 15 is 0 Å². The Hall–Kier alpha value is -2.11. The number of hydrogen-bond donors (Lipinski definition) is 1. The van der Waals surface area contributed by atoms with Crippen LogP contribution in [0.3, 0.4) is 0 Å². The molecule has 0 aliphatic rings. The highest BCUT2D eigenvalue weighted by Crippen LogP contribution is 2.07. The summed E-state index contributed by atoms with van der Waals surface area (Å²) in [7, 11) is 1.63. The first-order chi connectivity index (χ1) is 8.06. The van der Waals surface area contributed by atoms with Gasteiger partial charge >= 0.3 is 5.97 Å². The third-order valence-electron chi connectivity index (χ3n) is 2.19. The van der Waals surface area contributed by atoms with E-state index in [4.69, 9.17) is 5.11 Å². The maximum absolute atomic E-state index is 11.8. The number of carboxylic acids is 1. The first kappa shape index (κ1) is 13.0. The molecule has 1 heterocycles. The van der Waals surface area contributed by atoms with E-state index in [9.17, 15) is 9.59 Å². The van der Waals surface area contributed by atoms with E-state index in [0.717, 1.165) is 18.9 Å². The Bertz CT molecular complexity index is 425. The van der Waals surface area contributed by atoms with Crippen molar-refractivity contribution in [2.75, 3.05) is 13.6 Å². The van der Waals surface area contributed by atoms with Crippen molar-refractivity contribution < 1.29 is 19.2 Å². The number of aromatic nitrogens is 1. The summed E-state index contributed by atoms with van der Waals surface area (Å²) in [5, 5.41) is 12.0. The Labute approximate surface area is 98.5 Å². The Balaban J connectivity index is 2.61. The van der Waals surface area contributed by atoms with Crippen LogP contribution in [0.25, 0.3) is 0 Å². The van der Waals surface area contributed by atoms with E-state index in [1.807, 2.05) is 0 Å². The first-order valence-corrected chi connectivity index (χ1v) is 5.12. The number of carbonyl (C=O) groups is 2. The van der Waals surface area contributed by atoms with Crippen LogP contribution in [0, 0.1) is 0 Å². The van der Waals surface area contributed by atoms with Crippen LogP contribution in [-0.4, -0.2) is 40.6 Å². The molecule has 0 bridgehead atoms. The molecule has 92 valence electrons. The molecule has 1 aromatic heterocycles. The van der Waals surface area contributed by atoms with Gasteiger partial charge in [-0.25, -0.2) is 4.79 Å². The summed E-state index contributed by atoms with van der Waals surface area (Å²) in [6.45, 7) is 4.14. The summed E-state index contributed by atoms with van der Waals surface area (Å²) in [6, 6.07) is 1.12. The van der Waals surface area contributed by atoms with Crippen LogP contribution in [-0.2, 0) is 0 Å². The Morgan fingerprint density at radius 3 is 2.88 bits per heavy atom. The molecule has 1 N–H and O–H groups in total. The van der Waals surface area contributed by atoms with Crippen molar-refractivity contribution in [3.8, 4) is 0 Å². The third-order valence-corrected chi connectivity index (χ3v) is 2.19. The predicted molar refractivity (Wildman–Crippen MR) is 59.9 cm³/mol. The Morgan fingerprint density at radius 1 is 1.65 bits per heavy atom. The minimum Gasteiger partial charge on any atom is -0.475 e. The average molecular weight is 238 g/mol. The molecule has 0 spiro atoms. The maximum atomic E-state index is 11.8. The topological polar surface area (TPSA) is 83.6 Å². The number of nitrogens with zero attached hydrogens (tertiary/aromatic N) is 2. The molecule has 17 heavy (non-hydrogen) atoms. The fraction of sp³-hybridized carbons (Fsp3) is 0.364. The quantitative estimate of drug-likeness (QED) is 0.598. The molecule has 0 radical (unpaired) electrons. The third kappa shape index (κ3) is 3.44. The fourth-order valence-electron chi connectivity index (χ4n) is 1.25. The Morgan fingerprint density at radius 2 is 2.35 bits per heavy atom. The zero-order valence-electron chi connectivity index (χ0n) is 9.55. The number of rotatable bonds is 6. The number of carbonyl (C=O) groups excluding carboxylic acids is 1. The monoisotopic (exact) mass is 238 g/mol. The lowest BCUT2D eigenvalue weighted by atomic mass is 10.2. The summed E-state index contributed by atoms with van der Waals surface area (Å²) in [4.78, 5) is 23.8. The molecular formula is C11H14N2O4. The lowest BCUT2D eigenvalue weighted by Gasteiger charge is -2.14. The van der Waals surface area contributed by atoms with Gasteiger partial charge in [-0.3, -0.25) is 4.79 Å². The maximum Gasteiger partial charge on any atom is 0.374 e. The highest BCUT2D eigenvalue weighted by Gasteiger charge is 2.19. The van der Waals surface area contributed by atoms with Crippen molar-refractivity contribution in [2.24, 2.45) is 0 Å². The van der Waals surface area contributed by atoms with E-state index in [0.29, 0.717) is 6.54 Å². The van der Waals surface area contributed by atoms with Crippen LogP contribution < -0.4 is 0 Å². The number of aromatic carboxylic acids is 1. The molecule has 1 rings (SSSR count). The summed E-state index contributed by atoms with van der Waals surface area (Å²) < 4.78 is 4.51. The van der Waals surface area contributed by atoms with Gasteiger partial charge in [-0.2, -0.15) is 0 Å². The summed E-state index contributed by atoms with van der Waals surface area (Å²) >= 11 is 0. The lowest BCUT2D eigenvalue weighted by molar-refractivity contribution is 0.0649. The molecule has 0 saturated carbocycles. The van der Waals surface area contributed by atoms with Gasteiger partial charge < -0.3 is 14.5 Å². The van der Waals surface area contributed by atoms with Gasteiger partial charge in [0.25, 0.3) is 5.91 Å². The van der Waals surface area contributed by atoms with Gasteiger partial charge in [-0.15, -0.1) is 6.58 Å². The minimum atomic E-state index is -1.24. The van der Waals surface area contributed by atoms with Crippen molar-refractivity contribution >= 4 is 11.9 Å². The number of unbranched alkanes of at least 4 members (excludes halogenated alkanes) is 1. The standard InChI is InChI=1S/C11H14N2O4/c1-3-4-5-6-13(2)10(14)8-7-9(11(15)16)17-12-8/h3,7H,1,4-6H2,2H3,(H,15,16). The molecule has 6 heteroatoms. The SMILES string of the molecule is C=CCCCN(C)C(=O)c1cc(C(=O)O)on1. The molecule has 0 saturated heterocycles. The highest BCUT2D eigenvalue weighted by atomic mass is 16.5. The molecule has 0 aliphatic heterocycles. The molecular weight excluding hydrogens is 224 g/mol. The van der Waals surface area contributed by atoms with E-state index < -0.39 is 5.97 Å².